The Hall–Kier alpha value is -0.910. The lowest BCUT2D eigenvalue weighted by Crippen LogP contribution is -2.35. The van der Waals surface area contributed by atoms with Gasteiger partial charge in [0.05, 0.1) is 7.11 Å². The molecule has 96 valence electrons. The number of rotatable bonds is 4. The van der Waals surface area contributed by atoms with Crippen molar-refractivity contribution in [2.24, 2.45) is 5.73 Å². The minimum Gasteiger partial charge on any atom is -0.480 e. The van der Waals surface area contributed by atoms with Crippen LogP contribution in [0.3, 0.4) is 0 Å². The van der Waals surface area contributed by atoms with Gasteiger partial charge in [0, 0.05) is 31.5 Å². The molecule has 1 aromatic heterocycles. The van der Waals surface area contributed by atoms with E-state index >= 15 is 0 Å². The third kappa shape index (κ3) is 3.28. The number of nitrogens with two attached hydrogens (primary N) is 1. The molecule has 6 heteroatoms. The Balaban J connectivity index is 0.00000144. The monoisotopic (exact) mass is 258 g/mol. The van der Waals surface area contributed by atoms with Crippen molar-refractivity contribution in [3.63, 3.8) is 0 Å². The zero-order chi connectivity index (χ0) is 11.4. The van der Waals surface area contributed by atoms with Crippen LogP contribution in [0.15, 0.2) is 12.4 Å². The lowest BCUT2D eigenvalue weighted by molar-refractivity contribution is 0.241. The van der Waals surface area contributed by atoms with Crippen molar-refractivity contribution in [1.82, 2.24) is 14.9 Å². The Morgan fingerprint density at radius 2 is 2.24 bits per heavy atom. The van der Waals surface area contributed by atoms with Crippen LogP contribution in [0.2, 0.25) is 0 Å². The smallest absolute Gasteiger partial charge is 0.236 e. The number of aromatic nitrogens is 2. The molecule has 0 bridgehead atoms. The van der Waals surface area contributed by atoms with E-state index in [0.717, 1.165) is 18.8 Å². The van der Waals surface area contributed by atoms with Crippen molar-refractivity contribution in [2.45, 2.75) is 25.4 Å². The molecule has 1 saturated heterocycles. The predicted molar refractivity (Wildman–Crippen MR) is 68.3 cm³/mol. The molecular formula is C11H19ClN4O. The molecule has 1 aromatic rings. The summed E-state index contributed by atoms with van der Waals surface area (Å²) < 4.78 is 5.19. The molecule has 0 aromatic carbocycles. The quantitative estimate of drug-likeness (QED) is 0.867. The Kier molecular flexibility index (Phi) is 5.61. The van der Waals surface area contributed by atoms with Gasteiger partial charge >= 0.3 is 0 Å². The van der Waals surface area contributed by atoms with E-state index in [1.165, 1.54) is 12.8 Å². The van der Waals surface area contributed by atoms with Gasteiger partial charge in [0.25, 0.3) is 0 Å². The highest BCUT2D eigenvalue weighted by atomic mass is 35.5. The SMILES string of the molecule is COc1nccnc1CN1CCCC1CN.Cl. The van der Waals surface area contributed by atoms with Gasteiger partial charge in [-0.15, -0.1) is 12.4 Å². The number of hydrogen-bond acceptors (Lipinski definition) is 5. The Morgan fingerprint density at radius 1 is 1.47 bits per heavy atom. The number of likely N-dealkylation sites (tertiary alicyclic amines) is 1. The zero-order valence-electron chi connectivity index (χ0n) is 10.0. The molecule has 1 fully saturated rings. The molecule has 2 N–H and O–H groups in total. The van der Waals surface area contributed by atoms with Crippen LogP contribution in [-0.4, -0.2) is 41.1 Å². The van der Waals surface area contributed by atoms with Gasteiger partial charge in [-0.1, -0.05) is 0 Å². The summed E-state index contributed by atoms with van der Waals surface area (Å²) in [6.45, 7) is 2.57. The molecule has 1 unspecified atom stereocenters. The fraction of sp³-hybridized carbons (Fsp3) is 0.636. The first kappa shape index (κ1) is 14.2. The maximum atomic E-state index is 5.74. The largest absolute Gasteiger partial charge is 0.480 e. The predicted octanol–water partition coefficient (Wildman–Crippen LogP) is 0.830. The lowest BCUT2D eigenvalue weighted by atomic mass is 10.2. The summed E-state index contributed by atoms with van der Waals surface area (Å²) in [6, 6.07) is 0.478. The van der Waals surface area contributed by atoms with Crippen LogP contribution in [0.1, 0.15) is 18.5 Å². The normalized spacial score (nSPS) is 20.0. The first-order chi connectivity index (χ1) is 7.85. The van der Waals surface area contributed by atoms with E-state index in [2.05, 4.69) is 14.9 Å². The average molecular weight is 259 g/mol. The van der Waals surface area contributed by atoms with Crippen LogP contribution in [-0.2, 0) is 6.54 Å². The van der Waals surface area contributed by atoms with Crippen LogP contribution >= 0.6 is 12.4 Å². The summed E-state index contributed by atoms with van der Waals surface area (Å²) in [5.41, 5.74) is 6.63. The van der Waals surface area contributed by atoms with Crippen molar-refractivity contribution < 1.29 is 4.74 Å². The number of ether oxygens (including phenoxy) is 1. The number of halogens is 1. The van der Waals surface area contributed by atoms with Crippen molar-refractivity contribution in [2.75, 3.05) is 20.2 Å². The van der Waals surface area contributed by atoms with E-state index in [1.54, 1.807) is 19.5 Å². The molecule has 0 aliphatic carbocycles. The van der Waals surface area contributed by atoms with E-state index in [4.69, 9.17) is 10.5 Å². The van der Waals surface area contributed by atoms with E-state index in [1.807, 2.05) is 0 Å². The van der Waals surface area contributed by atoms with Gasteiger partial charge in [-0.3, -0.25) is 9.88 Å². The van der Waals surface area contributed by atoms with Crippen LogP contribution < -0.4 is 10.5 Å². The standard InChI is InChI=1S/C11H18N4O.ClH/c1-16-11-10(13-4-5-14-11)8-15-6-2-3-9(15)7-12;/h4-5,9H,2-3,6-8,12H2,1H3;1H. The third-order valence-corrected chi connectivity index (χ3v) is 3.05. The average Bonchev–Trinajstić information content (AvgIpc) is 2.77. The maximum absolute atomic E-state index is 5.74. The molecule has 1 aliphatic heterocycles. The summed E-state index contributed by atoms with van der Waals surface area (Å²) in [4.78, 5) is 10.8. The van der Waals surface area contributed by atoms with E-state index < -0.39 is 0 Å². The molecular weight excluding hydrogens is 240 g/mol. The molecule has 1 atom stereocenters. The minimum atomic E-state index is 0. The second-order valence-corrected chi connectivity index (χ2v) is 4.01. The molecule has 2 rings (SSSR count). The molecule has 17 heavy (non-hydrogen) atoms. The second-order valence-electron chi connectivity index (χ2n) is 4.01. The summed E-state index contributed by atoms with van der Waals surface area (Å²) in [7, 11) is 1.62. The first-order valence-electron chi connectivity index (χ1n) is 5.63. The molecule has 0 amide bonds. The molecule has 2 heterocycles. The van der Waals surface area contributed by atoms with E-state index in [0.29, 0.717) is 18.5 Å². The fourth-order valence-electron chi connectivity index (χ4n) is 2.20. The van der Waals surface area contributed by atoms with Crippen LogP contribution in [0.5, 0.6) is 5.88 Å². The minimum absolute atomic E-state index is 0. The van der Waals surface area contributed by atoms with Gasteiger partial charge < -0.3 is 10.5 Å². The zero-order valence-corrected chi connectivity index (χ0v) is 10.8. The number of hydrogen-bond donors (Lipinski definition) is 1. The van der Waals surface area contributed by atoms with Gasteiger partial charge in [-0.25, -0.2) is 4.98 Å². The Labute approximate surface area is 108 Å². The van der Waals surface area contributed by atoms with Crippen molar-refractivity contribution in [3.05, 3.63) is 18.1 Å². The first-order valence-corrected chi connectivity index (χ1v) is 5.63. The third-order valence-electron chi connectivity index (χ3n) is 3.05. The van der Waals surface area contributed by atoms with Crippen molar-refractivity contribution in [1.29, 1.82) is 0 Å². The van der Waals surface area contributed by atoms with Crippen LogP contribution in [0.4, 0.5) is 0 Å². The summed E-state index contributed by atoms with van der Waals surface area (Å²) in [5.74, 6) is 0.616. The van der Waals surface area contributed by atoms with Crippen molar-refractivity contribution in [3.8, 4) is 5.88 Å². The summed E-state index contributed by atoms with van der Waals surface area (Å²) in [6.07, 6.45) is 5.74. The summed E-state index contributed by atoms with van der Waals surface area (Å²) in [5, 5.41) is 0. The highest BCUT2D eigenvalue weighted by molar-refractivity contribution is 5.85. The van der Waals surface area contributed by atoms with Gasteiger partial charge in [-0.2, -0.15) is 0 Å². The molecule has 0 spiro atoms. The number of methoxy groups -OCH3 is 1. The summed E-state index contributed by atoms with van der Waals surface area (Å²) >= 11 is 0. The molecule has 0 saturated carbocycles. The number of nitrogens with zero attached hydrogens (tertiary/aromatic N) is 3. The molecule has 0 radical (unpaired) electrons. The van der Waals surface area contributed by atoms with Crippen LogP contribution in [0, 0.1) is 0 Å². The van der Waals surface area contributed by atoms with E-state index in [9.17, 15) is 0 Å². The van der Waals surface area contributed by atoms with Gasteiger partial charge in [0.2, 0.25) is 5.88 Å². The van der Waals surface area contributed by atoms with Crippen LogP contribution in [0.25, 0.3) is 0 Å². The maximum Gasteiger partial charge on any atom is 0.236 e. The lowest BCUT2D eigenvalue weighted by Gasteiger charge is -2.22. The molecule has 5 nitrogen and oxygen atoms in total. The molecule has 1 aliphatic rings. The highest BCUT2D eigenvalue weighted by Gasteiger charge is 2.24. The van der Waals surface area contributed by atoms with Gasteiger partial charge in [0.1, 0.15) is 5.69 Å². The second kappa shape index (κ2) is 6.74. The topological polar surface area (TPSA) is 64.3 Å². The fourth-order valence-corrected chi connectivity index (χ4v) is 2.20. The Bertz CT molecular complexity index is 350. The highest BCUT2D eigenvalue weighted by Crippen LogP contribution is 2.21. The van der Waals surface area contributed by atoms with Crippen molar-refractivity contribution >= 4 is 12.4 Å². The van der Waals surface area contributed by atoms with E-state index in [-0.39, 0.29) is 12.4 Å². The van der Waals surface area contributed by atoms with Gasteiger partial charge in [-0.05, 0) is 19.4 Å². The van der Waals surface area contributed by atoms with Gasteiger partial charge in [0.15, 0.2) is 0 Å². The Morgan fingerprint density at radius 3 is 2.94 bits per heavy atom.